The van der Waals surface area contributed by atoms with Crippen molar-refractivity contribution in [2.45, 2.75) is 96.6 Å². The number of alkyl halides is 1. The van der Waals surface area contributed by atoms with Crippen molar-refractivity contribution in [3.05, 3.63) is 59.7 Å². The van der Waals surface area contributed by atoms with Gasteiger partial charge in [-0.25, -0.2) is 4.39 Å². The number of hydrogen-bond acceptors (Lipinski definition) is 0. The fraction of sp³-hybridized carbons (Fsp3) is 0.600. The predicted molar refractivity (Wildman–Crippen MR) is 131 cm³/mol. The molecule has 0 heterocycles. The number of rotatable bonds is 7. The van der Waals surface area contributed by atoms with Gasteiger partial charge in [-0.15, -0.1) is 0 Å². The summed E-state index contributed by atoms with van der Waals surface area (Å²) in [6.07, 6.45) is 12.7. The summed E-state index contributed by atoms with van der Waals surface area (Å²) >= 11 is 0. The van der Waals surface area contributed by atoms with Gasteiger partial charge in [-0.3, -0.25) is 0 Å². The van der Waals surface area contributed by atoms with E-state index in [-0.39, 0.29) is 5.92 Å². The molecule has 0 saturated heterocycles. The topological polar surface area (TPSA) is 0 Å². The van der Waals surface area contributed by atoms with Crippen LogP contribution in [0.5, 0.6) is 0 Å². The van der Waals surface area contributed by atoms with Gasteiger partial charge in [0.1, 0.15) is 6.17 Å². The van der Waals surface area contributed by atoms with Gasteiger partial charge in [0.25, 0.3) is 0 Å². The summed E-state index contributed by atoms with van der Waals surface area (Å²) in [5.74, 6) is 2.37. The van der Waals surface area contributed by atoms with Gasteiger partial charge in [0.2, 0.25) is 0 Å². The minimum Gasteiger partial charge on any atom is -0.247 e. The Kier molecular flexibility index (Phi) is 7.86. The number of halogens is 1. The SMILES string of the molecule is CCCc1ccc(-c2ccccc2)c(C2CCC(C3CCC(CCC)CC3)CC2F)c1. The van der Waals surface area contributed by atoms with Crippen molar-refractivity contribution in [1.82, 2.24) is 0 Å². The van der Waals surface area contributed by atoms with Crippen molar-refractivity contribution in [3.63, 3.8) is 0 Å². The summed E-state index contributed by atoms with van der Waals surface area (Å²) in [6, 6.07) is 17.4. The summed E-state index contributed by atoms with van der Waals surface area (Å²) in [5, 5.41) is 0. The molecule has 31 heavy (non-hydrogen) atoms. The van der Waals surface area contributed by atoms with Crippen LogP contribution in [-0.2, 0) is 6.42 Å². The third kappa shape index (κ3) is 5.41. The Morgan fingerprint density at radius 3 is 2.23 bits per heavy atom. The Hall–Kier alpha value is -1.63. The van der Waals surface area contributed by atoms with Crippen LogP contribution in [-0.4, -0.2) is 6.17 Å². The Bertz CT molecular complexity index is 802. The molecule has 0 bridgehead atoms. The van der Waals surface area contributed by atoms with Crippen LogP contribution in [0.1, 0.15) is 95.1 Å². The van der Waals surface area contributed by atoms with Crippen LogP contribution in [0.15, 0.2) is 48.5 Å². The first-order valence-corrected chi connectivity index (χ1v) is 13.0. The summed E-state index contributed by atoms with van der Waals surface area (Å²) in [4.78, 5) is 0. The maximum atomic E-state index is 15.7. The molecule has 2 saturated carbocycles. The molecule has 2 aliphatic rings. The first-order valence-electron chi connectivity index (χ1n) is 13.0. The van der Waals surface area contributed by atoms with Gasteiger partial charge in [-0.2, -0.15) is 0 Å². The van der Waals surface area contributed by atoms with E-state index >= 15 is 4.39 Å². The lowest BCUT2D eigenvalue weighted by Crippen LogP contribution is -2.31. The summed E-state index contributed by atoms with van der Waals surface area (Å²) in [5.41, 5.74) is 5.09. The highest BCUT2D eigenvalue weighted by molar-refractivity contribution is 5.68. The Balaban J connectivity index is 1.49. The molecule has 0 aromatic heterocycles. The molecule has 2 fully saturated rings. The van der Waals surface area contributed by atoms with E-state index < -0.39 is 6.17 Å². The van der Waals surface area contributed by atoms with Gasteiger partial charge in [0.05, 0.1) is 0 Å². The maximum Gasteiger partial charge on any atom is 0.107 e. The Morgan fingerprint density at radius 2 is 1.55 bits per heavy atom. The number of benzene rings is 2. The van der Waals surface area contributed by atoms with Crippen molar-refractivity contribution in [2.24, 2.45) is 17.8 Å². The quantitative estimate of drug-likeness (QED) is 0.419. The second-order valence-corrected chi connectivity index (χ2v) is 10.3. The second-order valence-electron chi connectivity index (χ2n) is 10.3. The van der Waals surface area contributed by atoms with Crippen LogP contribution in [0.25, 0.3) is 11.1 Å². The molecule has 2 aliphatic carbocycles. The van der Waals surface area contributed by atoms with E-state index in [1.165, 1.54) is 67.2 Å². The normalized spacial score (nSPS) is 29.1. The molecule has 4 rings (SSSR count). The number of hydrogen-bond donors (Lipinski definition) is 0. The molecule has 0 nitrogen and oxygen atoms in total. The van der Waals surface area contributed by atoms with Gasteiger partial charge in [-0.05, 0) is 78.5 Å². The molecular weight excluding hydrogens is 379 g/mol. The van der Waals surface area contributed by atoms with E-state index in [4.69, 9.17) is 0 Å². The van der Waals surface area contributed by atoms with Crippen molar-refractivity contribution < 1.29 is 4.39 Å². The van der Waals surface area contributed by atoms with Crippen LogP contribution < -0.4 is 0 Å². The van der Waals surface area contributed by atoms with Crippen LogP contribution in [0, 0.1) is 17.8 Å². The first-order chi connectivity index (χ1) is 15.2. The monoisotopic (exact) mass is 420 g/mol. The van der Waals surface area contributed by atoms with Crippen LogP contribution in [0.3, 0.4) is 0 Å². The van der Waals surface area contributed by atoms with Crippen molar-refractivity contribution in [3.8, 4) is 11.1 Å². The van der Waals surface area contributed by atoms with E-state index in [9.17, 15) is 0 Å². The minimum absolute atomic E-state index is 0.0553. The highest BCUT2D eigenvalue weighted by atomic mass is 19.1. The van der Waals surface area contributed by atoms with E-state index in [0.717, 1.165) is 37.5 Å². The molecular formula is C30H41F. The third-order valence-electron chi connectivity index (χ3n) is 8.21. The average molecular weight is 421 g/mol. The summed E-state index contributed by atoms with van der Waals surface area (Å²) in [7, 11) is 0. The lowest BCUT2D eigenvalue weighted by molar-refractivity contribution is 0.102. The molecule has 3 atom stereocenters. The number of aryl methyl sites for hydroxylation is 1. The van der Waals surface area contributed by atoms with E-state index in [1.54, 1.807) is 0 Å². The summed E-state index contributed by atoms with van der Waals surface area (Å²) < 4.78 is 15.7. The van der Waals surface area contributed by atoms with Crippen molar-refractivity contribution in [2.75, 3.05) is 0 Å². The zero-order chi connectivity index (χ0) is 21.6. The molecule has 1 heteroatoms. The van der Waals surface area contributed by atoms with E-state index in [0.29, 0.717) is 5.92 Å². The highest BCUT2D eigenvalue weighted by Gasteiger charge is 2.37. The molecule has 0 spiro atoms. The predicted octanol–water partition coefficient (Wildman–Crippen LogP) is 9.13. The fourth-order valence-corrected chi connectivity index (χ4v) is 6.52. The maximum absolute atomic E-state index is 15.7. The zero-order valence-electron chi connectivity index (χ0n) is 19.7. The average Bonchev–Trinajstić information content (AvgIpc) is 2.80. The fourth-order valence-electron chi connectivity index (χ4n) is 6.52. The Labute approximate surface area is 189 Å². The lowest BCUT2D eigenvalue weighted by Gasteiger charge is -2.40. The van der Waals surface area contributed by atoms with Gasteiger partial charge in [0, 0.05) is 5.92 Å². The highest BCUT2D eigenvalue weighted by Crippen LogP contribution is 2.47. The lowest BCUT2D eigenvalue weighted by atomic mass is 9.67. The first kappa shape index (κ1) is 22.6. The van der Waals surface area contributed by atoms with Crippen LogP contribution >= 0.6 is 0 Å². The molecule has 0 aliphatic heterocycles. The molecule has 168 valence electrons. The van der Waals surface area contributed by atoms with Crippen molar-refractivity contribution in [1.29, 1.82) is 0 Å². The van der Waals surface area contributed by atoms with Crippen molar-refractivity contribution >= 4 is 0 Å². The summed E-state index contributed by atoms with van der Waals surface area (Å²) in [6.45, 7) is 4.53. The van der Waals surface area contributed by atoms with Gasteiger partial charge in [-0.1, -0.05) is 94.5 Å². The molecule has 2 aromatic rings. The Morgan fingerprint density at radius 1 is 0.806 bits per heavy atom. The standard InChI is InChI=1S/C30H41F/c1-3-8-22-12-15-24(16-13-22)26-17-19-28(30(31)21-26)29-20-23(9-4-2)14-18-27(29)25-10-6-5-7-11-25/h5-7,10-11,14,18,20,22,24,26,28,30H,3-4,8-9,12-13,15-17,19,21H2,1-2H3. The molecule has 3 unspecified atom stereocenters. The smallest absolute Gasteiger partial charge is 0.107 e. The second kappa shape index (κ2) is 10.8. The van der Waals surface area contributed by atoms with Crippen LogP contribution in [0.4, 0.5) is 4.39 Å². The van der Waals surface area contributed by atoms with Gasteiger partial charge < -0.3 is 0 Å². The molecule has 0 amide bonds. The van der Waals surface area contributed by atoms with Gasteiger partial charge >= 0.3 is 0 Å². The zero-order valence-corrected chi connectivity index (χ0v) is 19.7. The minimum atomic E-state index is -0.702. The largest absolute Gasteiger partial charge is 0.247 e. The third-order valence-corrected chi connectivity index (χ3v) is 8.21. The van der Waals surface area contributed by atoms with E-state index in [2.05, 4.69) is 62.4 Å². The molecule has 0 N–H and O–H groups in total. The van der Waals surface area contributed by atoms with Crippen LogP contribution in [0.2, 0.25) is 0 Å². The van der Waals surface area contributed by atoms with Gasteiger partial charge in [0.15, 0.2) is 0 Å². The molecule has 0 radical (unpaired) electrons. The molecule has 2 aromatic carbocycles. The van der Waals surface area contributed by atoms with E-state index in [1.807, 2.05) is 0 Å².